The van der Waals surface area contributed by atoms with E-state index in [1.165, 1.54) is 12.5 Å². The van der Waals surface area contributed by atoms with Gasteiger partial charge in [-0.15, -0.1) is 0 Å². The van der Waals surface area contributed by atoms with Crippen molar-refractivity contribution in [1.82, 2.24) is 4.98 Å². The fraction of sp³-hybridized carbons (Fsp3) is 0.538. The first-order chi connectivity index (χ1) is 8.09. The molecule has 2 heterocycles. The van der Waals surface area contributed by atoms with E-state index in [2.05, 4.69) is 23.7 Å². The van der Waals surface area contributed by atoms with Crippen LogP contribution in [0.25, 0.3) is 0 Å². The number of carboxylic acids is 1. The summed E-state index contributed by atoms with van der Waals surface area (Å²) < 4.78 is 0. The molecular formula is C13H18N2O2. The molecular weight excluding hydrogens is 216 g/mol. The smallest absolute Gasteiger partial charge is 0.335 e. The number of rotatable bonds is 2. The number of aromatic carboxylic acids is 1. The first-order valence-electron chi connectivity index (χ1n) is 6.07. The van der Waals surface area contributed by atoms with Crippen LogP contribution in [0.3, 0.4) is 0 Å². The summed E-state index contributed by atoms with van der Waals surface area (Å²) >= 11 is 0. The highest BCUT2D eigenvalue weighted by atomic mass is 16.4. The van der Waals surface area contributed by atoms with Crippen molar-refractivity contribution in [2.45, 2.75) is 45.2 Å². The summed E-state index contributed by atoms with van der Waals surface area (Å²) in [6.45, 7) is 4.34. The van der Waals surface area contributed by atoms with Crippen LogP contribution in [0, 0.1) is 0 Å². The van der Waals surface area contributed by atoms with Crippen LogP contribution in [0.15, 0.2) is 18.3 Å². The minimum absolute atomic E-state index is 0.306. The monoisotopic (exact) mass is 234 g/mol. The molecule has 1 aromatic heterocycles. The van der Waals surface area contributed by atoms with Gasteiger partial charge >= 0.3 is 5.97 Å². The van der Waals surface area contributed by atoms with E-state index in [0.717, 1.165) is 18.7 Å². The van der Waals surface area contributed by atoms with E-state index >= 15 is 0 Å². The predicted molar refractivity (Wildman–Crippen MR) is 66.5 cm³/mol. The molecule has 2 rings (SSSR count). The molecule has 0 aliphatic carbocycles. The number of anilines is 1. The Hall–Kier alpha value is -1.58. The fourth-order valence-electron chi connectivity index (χ4n) is 2.57. The summed E-state index contributed by atoms with van der Waals surface area (Å²) in [7, 11) is 0. The second-order valence-corrected chi connectivity index (χ2v) is 4.74. The lowest BCUT2D eigenvalue weighted by molar-refractivity contribution is 0.0696. The van der Waals surface area contributed by atoms with Gasteiger partial charge in [-0.3, -0.25) is 0 Å². The van der Waals surface area contributed by atoms with Crippen LogP contribution < -0.4 is 4.90 Å². The van der Waals surface area contributed by atoms with Gasteiger partial charge in [0.1, 0.15) is 5.82 Å². The average molecular weight is 234 g/mol. The lowest BCUT2D eigenvalue weighted by atomic mass is 9.97. The van der Waals surface area contributed by atoms with Gasteiger partial charge in [0, 0.05) is 18.3 Å². The molecule has 0 amide bonds. The van der Waals surface area contributed by atoms with Crippen LogP contribution >= 0.6 is 0 Å². The maximum Gasteiger partial charge on any atom is 0.335 e. The normalized spacial score (nSPS) is 24.7. The summed E-state index contributed by atoms with van der Waals surface area (Å²) in [5.41, 5.74) is 0.306. The number of hydrogen-bond acceptors (Lipinski definition) is 3. The Bertz CT molecular complexity index is 410. The second-order valence-electron chi connectivity index (χ2n) is 4.74. The van der Waals surface area contributed by atoms with Gasteiger partial charge in [-0.1, -0.05) is 0 Å². The maximum atomic E-state index is 11.0. The van der Waals surface area contributed by atoms with Gasteiger partial charge in [0.05, 0.1) is 5.56 Å². The molecule has 0 unspecified atom stereocenters. The topological polar surface area (TPSA) is 53.4 Å². The summed E-state index contributed by atoms with van der Waals surface area (Å²) in [5, 5.41) is 8.99. The molecule has 1 aliphatic rings. The summed E-state index contributed by atoms with van der Waals surface area (Å²) in [5.74, 6) is -0.115. The highest BCUT2D eigenvalue weighted by Gasteiger charge is 2.26. The Labute approximate surface area is 101 Å². The third kappa shape index (κ3) is 2.40. The number of carboxylic acid groups (broad SMARTS) is 1. The summed E-state index contributed by atoms with van der Waals surface area (Å²) in [4.78, 5) is 17.5. The molecule has 1 aliphatic heterocycles. The zero-order valence-electron chi connectivity index (χ0n) is 10.3. The lowest BCUT2D eigenvalue weighted by Crippen LogP contribution is -2.44. The Morgan fingerprint density at radius 3 is 2.65 bits per heavy atom. The number of carbonyl (C=O) groups is 1. The van der Waals surface area contributed by atoms with Crippen molar-refractivity contribution in [3.05, 3.63) is 23.9 Å². The van der Waals surface area contributed by atoms with Gasteiger partial charge in [-0.2, -0.15) is 0 Å². The standard InChI is InChI=1S/C13H18N2O2/c1-9-4-3-5-10(2)15(9)12-8-11(13(16)17)6-7-14-12/h6-10H,3-5H2,1-2H3,(H,16,17)/t9-,10+. The second kappa shape index (κ2) is 4.73. The number of piperidine rings is 1. The van der Waals surface area contributed by atoms with E-state index < -0.39 is 5.97 Å². The Morgan fingerprint density at radius 1 is 1.41 bits per heavy atom. The molecule has 0 aromatic carbocycles. The molecule has 1 fully saturated rings. The van der Waals surface area contributed by atoms with Crippen LogP contribution in [0.5, 0.6) is 0 Å². The highest BCUT2D eigenvalue weighted by molar-refractivity contribution is 5.88. The van der Waals surface area contributed by atoms with Gasteiger partial charge in [0.2, 0.25) is 0 Å². The third-order valence-corrected chi connectivity index (χ3v) is 3.45. The third-order valence-electron chi connectivity index (χ3n) is 3.45. The molecule has 1 N–H and O–H groups in total. The summed E-state index contributed by atoms with van der Waals surface area (Å²) in [6, 6.07) is 4.05. The molecule has 0 saturated carbocycles. The predicted octanol–water partition coefficient (Wildman–Crippen LogP) is 2.55. The van der Waals surface area contributed by atoms with Crippen molar-refractivity contribution < 1.29 is 9.90 Å². The van der Waals surface area contributed by atoms with E-state index in [1.807, 2.05) is 0 Å². The fourth-order valence-corrected chi connectivity index (χ4v) is 2.57. The highest BCUT2D eigenvalue weighted by Crippen LogP contribution is 2.27. The van der Waals surface area contributed by atoms with Crippen molar-refractivity contribution in [1.29, 1.82) is 0 Å². The molecule has 17 heavy (non-hydrogen) atoms. The van der Waals surface area contributed by atoms with Crippen molar-refractivity contribution in [2.75, 3.05) is 4.90 Å². The molecule has 92 valence electrons. The number of pyridine rings is 1. The van der Waals surface area contributed by atoms with Gasteiger partial charge < -0.3 is 10.0 Å². The Morgan fingerprint density at radius 2 is 2.06 bits per heavy atom. The zero-order chi connectivity index (χ0) is 12.4. The number of aromatic nitrogens is 1. The minimum Gasteiger partial charge on any atom is -0.478 e. The van der Waals surface area contributed by atoms with Crippen LogP contribution in [0.4, 0.5) is 5.82 Å². The van der Waals surface area contributed by atoms with E-state index in [-0.39, 0.29) is 0 Å². The first-order valence-corrected chi connectivity index (χ1v) is 6.07. The Balaban J connectivity index is 2.31. The van der Waals surface area contributed by atoms with Gasteiger partial charge in [-0.05, 0) is 45.2 Å². The molecule has 1 aromatic rings. The SMILES string of the molecule is C[C@@H]1CCC[C@H](C)N1c1cc(C(=O)O)ccn1. The van der Waals surface area contributed by atoms with Crippen molar-refractivity contribution >= 4 is 11.8 Å². The molecule has 4 nitrogen and oxygen atoms in total. The largest absolute Gasteiger partial charge is 0.478 e. The summed E-state index contributed by atoms with van der Waals surface area (Å²) in [6.07, 6.45) is 5.09. The van der Waals surface area contributed by atoms with Crippen molar-refractivity contribution in [2.24, 2.45) is 0 Å². The van der Waals surface area contributed by atoms with E-state index in [4.69, 9.17) is 5.11 Å². The van der Waals surface area contributed by atoms with Gasteiger partial charge in [0.15, 0.2) is 0 Å². The van der Waals surface area contributed by atoms with Gasteiger partial charge in [0.25, 0.3) is 0 Å². The van der Waals surface area contributed by atoms with Gasteiger partial charge in [-0.25, -0.2) is 9.78 Å². The van der Waals surface area contributed by atoms with Crippen molar-refractivity contribution in [3.63, 3.8) is 0 Å². The molecule has 0 bridgehead atoms. The first kappa shape index (κ1) is 11.9. The Kier molecular flexibility index (Phi) is 3.31. The van der Waals surface area contributed by atoms with Crippen molar-refractivity contribution in [3.8, 4) is 0 Å². The van der Waals surface area contributed by atoms with E-state index in [0.29, 0.717) is 17.6 Å². The van der Waals surface area contributed by atoms with E-state index in [9.17, 15) is 4.79 Å². The molecule has 0 radical (unpaired) electrons. The lowest BCUT2D eigenvalue weighted by Gasteiger charge is -2.40. The van der Waals surface area contributed by atoms with Crippen LogP contribution in [0.2, 0.25) is 0 Å². The van der Waals surface area contributed by atoms with Crippen LogP contribution in [-0.2, 0) is 0 Å². The number of nitrogens with zero attached hydrogens (tertiary/aromatic N) is 2. The van der Waals surface area contributed by atoms with Crippen LogP contribution in [0.1, 0.15) is 43.5 Å². The maximum absolute atomic E-state index is 11.0. The van der Waals surface area contributed by atoms with Crippen LogP contribution in [-0.4, -0.2) is 28.1 Å². The van der Waals surface area contributed by atoms with E-state index in [1.54, 1.807) is 12.3 Å². The average Bonchev–Trinajstić information content (AvgIpc) is 2.29. The number of hydrogen-bond donors (Lipinski definition) is 1. The minimum atomic E-state index is -0.897. The molecule has 1 saturated heterocycles. The molecule has 0 spiro atoms. The molecule has 4 heteroatoms. The quantitative estimate of drug-likeness (QED) is 0.854. The zero-order valence-corrected chi connectivity index (χ0v) is 10.3. The molecule has 2 atom stereocenters.